The summed E-state index contributed by atoms with van der Waals surface area (Å²) >= 11 is 0. The third kappa shape index (κ3) is 3.41. The number of benzene rings is 2. The van der Waals surface area contributed by atoms with Gasteiger partial charge >= 0.3 is 0 Å². The fourth-order valence-electron chi connectivity index (χ4n) is 2.02. The lowest BCUT2D eigenvalue weighted by atomic mass is 10.2. The van der Waals surface area contributed by atoms with Gasteiger partial charge in [-0.25, -0.2) is 0 Å². The number of hydrogen-bond acceptors (Lipinski definition) is 5. The summed E-state index contributed by atoms with van der Waals surface area (Å²) in [5.74, 6) is 0.579. The molecule has 0 atom stereocenters. The zero-order chi connectivity index (χ0) is 16.1. The summed E-state index contributed by atoms with van der Waals surface area (Å²) in [6.07, 6.45) is -0.175. The molecule has 2 aromatic carbocycles. The van der Waals surface area contributed by atoms with Crippen LogP contribution in [0.2, 0.25) is 0 Å². The maximum Gasteiger partial charge on any atom is 0.258 e. The van der Waals surface area contributed by atoms with E-state index in [0.29, 0.717) is 17.4 Å². The van der Waals surface area contributed by atoms with Gasteiger partial charge in [-0.15, -0.1) is 0 Å². The van der Waals surface area contributed by atoms with Gasteiger partial charge < -0.3 is 9.84 Å². The standard InChI is InChI=1S/C17H12N4O2/c18-11-10-15(22)19-14-8-6-13(7-9-14)17-20-16(21-23-17)12-4-2-1-3-5-12/h1-9H,10H2,(H,19,22). The van der Waals surface area contributed by atoms with E-state index in [2.05, 4.69) is 15.5 Å². The van der Waals surface area contributed by atoms with E-state index in [1.807, 2.05) is 30.3 Å². The summed E-state index contributed by atoms with van der Waals surface area (Å²) in [6.45, 7) is 0. The van der Waals surface area contributed by atoms with Crippen molar-refractivity contribution < 1.29 is 9.32 Å². The van der Waals surface area contributed by atoms with Gasteiger partial charge in [-0.3, -0.25) is 4.79 Å². The Morgan fingerprint density at radius 1 is 1.09 bits per heavy atom. The molecule has 3 rings (SSSR count). The summed E-state index contributed by atoms with van der Waals surface area (Å²) in [7, 11) is 0. The number of carbonyl (C=O) groups is 1. The molecule has 23 heavy (non-hydrogen) atoms. The molecule has 6 heteroatoms. The molecular weight excluding hydrogens is 292 g/mol. The molecule has 1 amide bonds. The molecule has 3 aromatic rings. The Morgan fingerprint density at radius 3 is 2.52 bits per heavy atom. The first-order chi connectivity index (χ1) is 11.3. The number of anilines is 1. The predicted molar refractivity (Wildman–Crippen MR) is 84.0 cm³/mol. The Balaban J connectivity index is 1.77. The summed E-state index contributed by atoms with van der Waals surface area (Å²) in [5, 5.41) is 15.1. The van der Waals surface area contributed by atoms with Crippen molar-refractivity contribution >= 4 is 11.6 Å². The van der Waals surface area contributed by atoms with Crippen molar-refractivity contribution in [2.75, 3.05) is 5.32 Å². The normalized spacial score (nSPS) is 10.0. The van der Waals surface area contributed by atoms with Gasteiger partial charge in [0.15, 0.2) is 0 Å². The highest BCUT2D eigenvalue weighted by Gasteiger charge is 2.10. The molecule has 1 N–H and O–H groups in total. The summed E-state index contributed by atoms with van der Waals surface area (Å²) in [5.41, 5.74) is 2.23. The third-order valence-corrected chi connectivity index (χ3v) is 3.11. The van der Waals surface area contributed by atoms with E-state index in [1.165, 1.54) is 0 Å². The number of hydrogen-bond donors (Lipinski definition) is 1. The number of carbonyl (C=O) groups excluding carboxylic acids is 1. The number of nitrogens with one attached hydrogen (secondary N) is 1. The van der Waals surface area contributed by atoms with E-state index in [0.717, 1.165) is 11.1 Å². The Labute approximate surface area is 132 Å². The first-order valence-corrected chi connectivity index (χ1v) is 6.92. The van der Waals surface area contributed by atoms with Crippen molar-refractivity contribution in [2.24, 2.45) is 0 Å². The van der Waals surface area contributed by atoms with Gasteiger partial charge in [-0.05, 0) is 24.3 Å². The van der Waals surface area contributed by atoms with Crippen LogP contribution in [0.4, 0.5) is 5.69 Å². The topological polar surface area (TPSA) is 91.8 Å². The second-order valence-corrected chi connectivity index (χ2v) is 4.75. The van der Waals surface area contributed by atoms with E-state index < -0.39 is 0 Å². The molecule has 0 fully saturated rings. The number of nitriles is 1. The van der Waals surface area contributed by atoms with Gasteiger partial charge in [0.25, 0.3) is 5.89 Å². The molecule has 112 valence electrons. The summed E-state index contributed by atoms with van der Waals surface area (Å²) in [4.78, 5) is 15.7. The van der Waals surface area contributed by atoms with Crippen molar-refractivity contribution in [2.45, 2.75) is 6.42 Å². The molecule has 0 saturated heterocycles. The highest BCUT2D eigenvalue weighted by atomic mass is 16.5. The van der Waals surface area contributed by atoms with Gasteiger partial charge in [0.2, 0.25) is 11.7 Å². The summed E-state index contributed by atoms with van der Waals surface area (Å²) < 4.78 is 5.27. The van der Waals surface area contributed by atoms with E-state index in [1.54, 1.807) is 30.3 Å². The molecule has 0 spiro atoms. The molecule has 0 aliphatic heterocycles. The quantitative estimate of drug-likeness (QED) is 0.798. The lowest BCUT2D eigenvalue weighted by Gasteiger charge is -2.02. The minimum absolute atomic E-state index is 0.175. The second-order valence-electron chi connectivity index (χ2n) is 4.75. The van der Waals surface area contributed by atoms with Gasteiger partial charge in [0, 0.05) is 16.8 Å². The number of rotatable bonds is 4. The van der Waals surface area contributed by atoms with Crippen LogP contribution in [0.1, 0.15) is 6.42 Å². The van der Waals surface area contributed by atoms with Crippen LogP contribution >= 0.6 is 0 Å². The van der Waals surface area contributed by atoms with Gasteiger partial charge in [-0.1, -0.05) is 35.5 Å². The average molecular weight is 304 g/mol. The molecule has 0 saturated carbocycles. The molecule has 0 aliphatic rings. The van der Waals surface area contributed by atoms with Crippen LogP contribution in [0.25, 0.3) is 22.8 Å². The van der Waals surface area contributed by atoms with Crippen LogP contribution in [0.15, 0.2) is 59.1 Å². The van der Waals surface area contributed by atoms with Crippen LogP contribution in [-0.4, -0.2) is 16.0 Å². The molecule has 0 radical (unpaired) electrons. The van der Waals surface area contributed by atoms with E-state index >= 15 is 0 Å². The van der Waals surface area contributed by atoms with Crippen molar-refractivity contribution in [3.05, 3.63) is 54.6 Å². The van der Waals surface area contributed by atoms with Gasteiger partial charge in [0.1, 0.15) is 6.42 Å². The van der Waals surface area contributed by atoms with Crippen LogP contribution in [-0.2, 0) is 4.79 Å². The highest BCUT2D eigenvalue weighted by molar-refractivity contribution is 5.92. The zero-order valence-corrected chi connectivity index (χ0v) is 12.1. The maximum atomic E-state index is 11.4. The lowest BCUT2D eigenvalue weighted by molar-refractivity contribution is -0.115. The number of nitrogens with zero attached hydrogens (tertiary/aromatic N) is 3. The number of amides is 1. The predicted octanol–water partition coefficient (Wildman–Crippen LogP) is 3.26. The monoisotopic (exact) mass is 304 g/mol. The molecule has 0 aliphatic carbocycles. The Kier molecular flexibility index (Phi) is 4.11. The molecule has 0 unspecified atom stereocenters. The Morgan fingerprint density at radius 2 is 1.83 bits per heavy atom. The zero-order valence-electron chi connectivity index (χ0n) is 12.1. The van der Waals surface area contributed by atoms with Crippen molar-refractivity contribution in [1.29, 1.82) is 5.26 Å². The Hall–Kier alpha value is -3.46. The largest absolute Gasteiger partial charge is 0.334 e. The third-order valence-electron chi connectivity index (χ3n) is 3.11. The molecule has 1 aromatic heterocycles. The first kappa shape index (κ1) is 14.5. The smallest absolute Gasteiger partial charge is 0.258 e. The molecule has 6 nitrogen and oxygen atoms in total. The first-order valence-electron chi connectivity index (χ1n) is 6.92. The Bertz CT molecular complexity index is 848. The van der Waals surface area contributed by atoms with Crippen molar-refractivity contribution in [1.82, 2.24) is 10.1 Å². The molecule has 0 bridgehead atoms. The van der Waals surface area contributed by atoms with Crippen LogP contribution < -0.4 is 5.32 Å². The van der Waals surface area contributed by atoms with E-state index in [-0.39, 0.29) is 12.3 Å². The fraction of sp³-hybridized carbons (Fsp3) is 0.0588. The molecular formula is C17H12N4O2. The van der Waals surface area contributed by atoms with Crippen LogP contribution in [0.3, 0.4) is 0 Å². The highest BCUT2D eigenvalue weighted by Crippen LogP contribution is 2.23. The van der Waals surface area contributed by atoms with Crippen LogP contribution in [0.5, 0.6) is 0 Å². The van der Waals surface area contributed by atoms with Gasteiger partial charge in [-0.2, -0.15) is 10.2 Å². The number of aromatic nitrogens is 2. The second kappa shape index (κ2) is 6.54. The van der Waals surface area contributed by atoms with Crippen molar-refractivity contribution in [3.8, 4) is 28.9 Å². The molecule has 1 heterocycles. The minimum atomic E-state index is -0.343. The van der Waals surface area contributed by atoms with Crippen molar-refractivity contribution in [3.63, 3.8) is 0 Å². The fourth-order valence-corrected chi connectivity index (χ4v) is 2.02. The average Bonchev–Trinajstić information content (AvgIpc) is 3.07. The lowest BCUT2D eigenvalue weighted by Crippen LogP contribution is -2.09. The summed E-state index contributed by atoms with van der Waals surface area (Å²) in [6, 6.07) is 18.3. The SMILES string of the molecule is N#CCC(=O)Nc1ccc(-c2nc(-c3ccccc3)no2)cc1. The van der Waals surface area contributed by atoms with Gasteiger partial charge in [0.05, 0.1) is 6.07 Å². The van der Waals surface area contributed by atoms with E-state index in [4.69, 9.17) is 9.78 Å². The maximum absolute atomic E-state index is 11.4. The van der Waals surface area contributed by atoms with Crippen LogP contribution in [0, 0.1) is 11.3 Å². The minimum Gasteiger partial charge on any atom is -0.334 e. The van der Waals surface area contributed by atoms with E-state index in [9.17, 15) is 4.79 Å².